The molecule has 2 aromatic heterocycles. The first-order valence-corrected chi connectivity index (χ1v) is 20.0. The van der Waals surface area contributed by atoms with Crippen LogP contribution in [0.5, 0.6) is 0 Å². The first kappa shape index (κ1) is 34.4. The number of hydrogen-bond acceptors (Lipinski definition) is 3. The molecular weight excluding hydrogens is 715 g/mol. The van der Waals surface area contributed by atoms with Gasteiger partial charge in [0.1, 0.15) is 0 Å². The summed E-state index contributed by atoms with van der Waals surface area (Å²) in [5.41, 5.74) is 12.9. The highest BCUT2D eigenvalue weighted by Gasteiger charge is 2.18. The first-order valence-electron chi connectivity index (χ1n) is 20.0. The van der Waals surface area contributed by atoms with Crippen molar-refractivity contribution in [2.24, 2.45) is 0 Å². The maximum absolute atomic E-state index is 4.41. The first-order chi connectivity index (χ1) is 29.3. The maximum Gasteiger partial charge on any atom is 0.0468 e. The van der Waals surface area contributed by atoms with Crippen LogP contribution >= 0.6 is 0 Å². The van der Waals surface area contributed by atoms with Gasteiger partial charge < -0.3 is 4.90 Å². The minimum Gasteiger partial charge on any atom is -0.310 e. The highest BCUT2D eigenvalue weighted by atomic mass is 15.1. The Morgan fingerprint density at radius 2 is 0.763 bits per heavy atom. The van der Waals surface area contributed by atoms with E-state index in [0.29, 0.717) is 0 Å². The van der Waals surface area contributed by atoms with Crippen molar-refractivity contribution in [3.05, 3.63) is 225 Å². The van der Waals surface area contributed by atoms with Crippen molar-refractivity contribution in [2.45, 2.75) is 0 Å². The minimum atomic E-state index is 1.07. The van der Waals surface area contributed by atoms with Crippen LogP contribution < -0.4 is 4.90 Å². The van der Waals surface area contributed by atoms with E-state index in [-0.39, 0.29) is 0 Å². The molecule has 0 unspecified atom stereocenters. The molecular formula is C56H37N3. The van der Waals surface area contributed by atoms with E-state index in [4.69, 9.17) is 0 Å². The third-order valence-electron chi connectivity index (χ3n) is 11.6. The maximum atomic E-state index is 4.41. The molecule has 2 heterocycles. The predicted molar refractivity (Wildman–Crippen MR) is 248 cm³/mol. The second-order valence-corrected chi connectivity index (χ2v) is 15.0. The quantitative estimate of drug-likeness (QED) is 0.152. The van der Waals surface area contributed by atoms with Crippen LogP contribution in [0.15, 0.2) is 225 Å². The van der Waals surface area contributed by atoms with Crippen molar-refractivity contribution in [2.75, 3.05) is 4.90 Å². The number of benzene rings is 9. The molecule has 0 radical (unpaired) electrons. The Kier molecular flexibility index (Phi) is 8.49. The minimum absolute atomic E-state index is 1.07. The van der Waals surface area contributed by atoms with Gasteiger partial charge in [0.05, 0.1) is 0 Å². The number of rotatable bonds is 7. The average molecular weight is 752 g/mol. The monoisotopic (exact) mass is 751 g/mol. The van der Waals surface area contributed by atoms with Crippen LogP contribution in [0.1, 0.15) is 0 Å². The summed E-state index contributed by atoms with van der Waals surface area (Å²) in [7, 11) is 0. The number of hydrogen-bond donors (Lipinski definition) is 0. The molecule has 11 aromatic rings. The molecule has 0 saturated carbocycles. The Bertz CT molecular complexity index is 3240. The number of nitrogens with zero attached hydrogens (tertiary/aromatic N) is 3. The van der Waals surface area contributed by atoms with Gasteiger partial charge in [-0.3, -0.25) is 9.97 Å². The van der Waals surface area contributed by atoms with Gasteiger partial charge in [-0.2, -0.15) is 0 Å². The summed E-state index contributed by atoms with van der Waals surface area (Å²) in [6.07, 6.45) is 7.45. The third kappa shape index (κ3) is 6.17. The lowest BCUT2D eigenvalue weighted by Crippen LogP contribution is -2.09. The molecule has 0 spiro atoms. The third-order valence-corrected chi connectivity index (χ3v) is 11.6. The van der Waals surface area contributed by atoms with Crippen molar-refractivity contribution in [1.82, 2.24) is 9.97 Å². The van der Waals surface area contributed by atoms with Crippen molar-refractivity contribution >= 4 is 60.2 Å². The molecule has 0 aliphatic rings. The zero-order valence-corrected chi connectivity index (χ0v) is 32.2. The van der Waals surface area contributed by atoms with Gasteiger partial charge in [-0.25, -0.2) is 0 Å². The SMILES string of the molecule is c1ccc2c(-c3c4ccccc4c(-c4ccc(-c5ccc(N(c6ccc(-c7ccncc7)cc6)c6ccc7ccncc7c6)cc5)cc4)c4ccccc34)cccc2c1. The summed E-state index contributed by atoms with van der Waals surface area (Å²) in [6.45, 7) is 0. The summed E-state index contributed by atoms with van der Waals surface area (Å²) in [6, 6.07) is 72.6. The number of pyridine rings is 2. The van der Waals surface area contributed by atoms with E-state index in [2.05, 4.69) is 203 Å². The Hall–Kier alpha value is -7.88. The summed E-state index contributed by atoms with van der Waals surface area (Å²) >= 11 is 0. The van der Waals surface area contributed by atoms with Crippen LogP contribution in [0.25, 0.3) is 87.6 Å². The van der Waals surface area contributed by atoms with Crippen LogP contribution in [0.4, 0.5) is 17.1 Å². The Morgan fingerprint density at radius 1 is 0.288 bits per heavy atom. The average Bonchev–Trinajstić information content (AvgIpc) is 3.31. The molecule has 9 aromatic carbocycles. The van der Waals surface area contributed by atoms with Crippen LogP contribution in [-0.4, -0.2) is 9.97 Å². The molecule has 59 heavy (non-hydrogen) atoms. The summed E-state index contributed by atoms with van der Waals surface area (Å²) < 4.78 is 0. The molecule has 0 atom stereocenters. The smallest absolute Gasteiger partial charge is 0.0468 e. The van der Waals surface area contributed by atoms with Crippen LogP contribution in [0.2, 0.25) is 0 Å². The Morgan fingerprint density at radius 3 is 1.39 bits per heavy atom. The summed E-state index contributed by atoms with van der Waals surface area (Å²) in [4.78, 5) is 10.9. The van der Waals surface area contributed by atoms with Crippen LogP contribution in [0.3, 0.4) is 0 Å². The van der Waals surface area contributed by atoms with E-state index in [1.165, 1.54) is 60.1 Å². The zero-order valence-electron chi connectivity index (χ0n) is 32.2. The van der Waals surface area contributed by atoms with Crippen molar-refractivity contribution in [1.29, 1.82) is 0 Å². The van der Waals surface area contributed by atoms with E-state index in [1.807, 2.05) is 36.9 Å². The predicted octanol–water partition coefficient (Wildman–Crippen LogP) is 15.2. The van der Waals surface area contributed by atoms with Gasteiger partial charge in [-0.05, 0) is 137 Å². The lowest BCUT2D eigenvalue weighted by molar-refractivity contribution is 1.28. The van der Waals surface area contributed by atoms with Gasteiger partial charge in [0.25, 0.3) is 0 Å². The molecule has 0 aliphatic carbocycles. The second-order valence-electron chi connectivity index (χ2n) is 15.0. The summed E-state index contributed by atoms with van der Waals surface area (Å²) in [5.74, 6) is 0. The fourth-order valence-electron chi connectivity index (χ4n) is 8.81. The molecule has 0 fully saturated rings. The largest absolute Gasteiger partial charge is 0.310 e. The van der Waals surface area contributed by atoms with Gasteiger partial charge in [0.2, 0.25) is 0 Å². The highest BCUT2D eigenvalue weighted by molar-refractivity contribution is 6.23. The number of fused-ring (bicyclic) bond motifs is 4. The van der Waals surface area contributed by atoms with Gasteiger partial charge in [0.15, 0.2) is 0 Å². The Labute approximate surface area is 343 Å². The molecule has 0 bridgehead atoms. The van der Waals surface area contributed by atoms with Gasteiger partial charge in [-0.15, -0.1) is 0 Å². The summed E-state index contributed by atoms with van der Waals surface area (Å²) in [5, 5.41) is 9.81. The van der Waals surface area contributed by atoms with Gasteiger partial charge in [-0.1, -0.05) is 146 Å². The molecule has 0 aliphatic heterocycles. The zero-order chi connectivity index (χ0) is 39.1. The fourth-order valence-corrected chi connectivity index (χ4v) is 8.81. The van der Waals surface area contributed by atoms with E-state index >= 15 is 0 Å². The Balaban J connectivity index is 0.972. The van der Waals surface area contributed by atoms with E-state index in [9.17, 15) is 0 Å². The lowest BCUT2D eigenvalue weighted by Gasteiger charge is -2.26. The van der Waals surface area contributed by atoms with Gasteiger partial charge >= 0.3 is 0 Å². The molecule has 11 rings (SSSR count). The normalized spacial score (nSPS) is 11.4. The van der Waals surface area contributed by atoms with Crippen molar-refractivity contribution in [3.63, 3.8) is 0 Å². The molecule has 3 nitrogen and oxygen atoms in total. The number of aromatic nitrogens is 2. The molecule has 0 saturated heterocycles. The molecule has 276 valence electrons. The number of anilines is 3. The topological polar surface area (TPSA) is 29.0 Å². The van der Waals surface area contributed by atoms with Crippen LogP contribution in [0, 0.1) is 0 Å². The van der Waals surface area contributed by atoms with Crippen molar-refractivity contribution in [3.8, 4) is 44.5 Å². The standard InChI is InChI=1S/C56H37N3/c1-2-10-49-43(8-1)9-7-15-50(49)56-53-13-5-3-11-51(53)55(52-12-4-6-14-54(52)56)44-18-16-38(17-19-44)39-20-25-46(26-21-39)59(48-29-24-41-32-35-58-37-45(41)36-48)47-27-22-40(23-28-47)42-30-33-57-34-31-42/h1-37H. The van der Waals surface area contributed by atoms with E-state index in [0.717, 1.165) is 44.5 Å². The highest BCUT2D eigenvalue weighted by Crippen LogP contribution is 2.46. The van der Waals surface area contributed by atoms with E-state index in [1.54, 1.807) is 0 Å². The van der Waals surface area contributed by atoms with E-state index < -0.39 is 0 Å². The fraction of sp³-hybridized carbons (Fsp3) is 0. The van der Waals surface area contributed by atoms with Gasteiger partial charge in [0, 0.05) is 47.2 Å². The van der Waals surface area contributed by atoms with Crippen molar-refractivity contribution < 1.29 is 0 Å². The van der Waals surface area contributed by atoms with Crippen LogP contribution in [-0.2, 0) is 0 Å². The molecule has 0 N–H and O–H groups in total. The molecule has 0 amide bonds. The lowest BCUT2D eigenvalue weighted by atomic mass is 9.84. The second kappa shape index (κ2) is 14.6. The molecule has 3 heteroatoms.